The van der Waals surface area contributed by atoms with Gasteiger partial charge in [0.05, 0.1) is 30.4 Å². The van der Waals surface area contributed by atoms with Crippen LogP contribution in [0.15, 0.2) is 65.4 Å². The van der Waals surface area contributed by atoms with E-state index >= 15 is 0 Å². The Hall–Kier alpha value is -3.74. The van der Waals surface area contributed by atoms with Crippen LogP contribution >= 0.6 is 0 Å². The van der Waals surface area contributed by atoms with E-state index in [1.807, 2.05) is 0 Å². The zero-order valence-corrected chi connectivity index (χ0v) is 16.8. The number of methoxy groups -OCH3 is 1. The van der Waals surface area contributed by atoms with Gasteiger partial charge in [0.25, 0.3) is 5.91 Å². The summed E-state index contributed by atoms with van der Waals surface area (Å²) in [6.45, 7) is 3.59. The van der Waals surface area contributed by atoms with Crippen molar-refractivity contribution in [2.45, 2.75) is 13.8 Å². The van der Waals surface area contributed by atoms with E-state index < -0.39 is 23.7 Å². The number of rotatable bonds is 5. The molecular weight excluding hydrogens is 389 g/mol. The van der Waals surface area contributed by atoms with E-state index in [0.29, 0.717) is 22.5 Å². The zero-order valence-electron chi connectivity index (χ0n) is 16.8. The van der Waals surface area contributed by atoms with E-state index in [2.05, 4.69) is 0 Å². The van der Waals surface area contributed by atoms with Crippen molar-refractivity contribution in [2.75, 3.05) is 18.6 Å². The van der Waals surface area contributed by atoms with E-state index in [1.165, 1.54) is 36.3 Å². The van der Waals surface area contributed by atoms with E-state index in [9.17, 15) is 18.8 Å². The summed E-state index contributed by atoms with van der Waals surface area (Å²) in [6.07, 6.45) is 1.45. The number of carbonyl (C=O) groups excluding carboxylic acids is 3. The molecule has 0 bridgehead atoms. The minimum absolute atomic E-state index is 0.0967. The van der Waals surface area contributed by atoms with Crippen molar-refractivity contribution in [3.8, 4) is 0 Å². The molecule has 0 saturated carbocycles. The molecule has 0 aromatic heterocycles. The predicted octanol–water partition coefficient (Wildman–Crippen LogP) is 3.88. The van der Waals surface area contributed by atoms with Gasteiger partial charge in [-0.15, -0.1) is 0 Å². The lowest BCUT2D eigenvalue weighted by molar-refractivity contribution is -0.136. The summed E-state index contributed by atoms with van der Waals surface area (Å²) in [5, 5.41) is 0. The van der Waals surface area contributed by atoms with Gasteiger partial charge in [-0.2, -0.15) is 0 Å². The lowest BCUT2D eigenvalue weighted by Crippen LogP contribution is -2.24. The first-order valence-electron chi connectivity index (χ1n) is 9.25. The molecule has 0 spiro atoms. The average molecular weight is 409 g/mol. The standard InChI is InChI=1S/C23H20FNO5/c1-4-30-22(27)16-8-10-18(11-9-16)25-14(2)20(23(28)29-3)19(21(25)26)13-15-6-5-7-17(24)12-15/h5-13H,4H2,1-3H3/b19-13-. The molecule has 1 amide bonds. The number of carbonyl (C=O) groups is 3. The Kier molecular flexibility index (Phi) is 6.11. The van der Waals surface area contributed by atoms with Crippen molar-refractivity contribution in [1.82, 2.24) is 0 Å². The normalized spacial score (nSPS) is 15.0. The van der Waals surface area contributed by atoms with Gasteiger partial charge in [0.1, 0.15) is 5.82 Å². The van der Waals surface area contributed by atoms with Gasteiger partial charge < -0.3 is 9.47 Å². The molecule has 1 aliphatic rings. The molecule has 0 fully saturated rings. The van der Waals surface area contributed by atoms with Crippen molar-refractivity contribution in [2.24, 2.45) is 0 Å². The fraction of sp³-hybridized carbons (Fsp3) is 0.174. The highest BCUT2D eigenvalue weighted by Crippen LogP contribution is 2.35. The first-order valence-corrected chi connectivity index (χ1v) is 9.25. The molecule has 0 N–H and O–H groups in total. The van der Waals surface area contributed by atoms with Gasteiger partial charge in [0, 0.05) is 11.4 Å². The molecule has 30 heavy (non-hydrogen) atoms. The number of benzene rings is 2. The quantitative estimate of drug-likeness (QED) is 0.554. The monoisotopic (exact) mass is 409 g/mol. The van der Waals surface area contributed by atoms with Gasteiger partial charge >= 0.3 is 11.9 Å². The number of ether oxygens (including phenoxy) is 2. The highest BCUT2D eigenvalue weighted by atomic mass is 19.1. The van der Waals surface area contributed by atoms with Crippen molar-refractivity contribution < 1.29 is 28.2 Å². The van der Waals surface area contributed by atoms with Gasteiger partial charge in [-0.1, -0.05) is 12.1 Å². The fourth-order valence-electron chi connectivity index (χ4n) is 3.21. The molecule has 154 valence electrons. The van der Waals surface area contributed by atoms with Crippen LogP contribution in [0.2, 0.25) is 0 Å². The van der Waals surface area contributed by atoms with Crippen molar-refractivity contribution in [1.29, 1.82) is 0 Å². The molecular formula is C23H20FNO5. The van der Waals surface area contributed by atoms with Gasteiger partial charge in [-0.05, 0) is 61.9 Å². The molecule has 0 saturated heterocycles. The minimum atomic E-state index is -0.672. The third-order valence-corrected chi connectivity index (χ3v) is 4.59. The number of hydrogen-bond donors (Lipinski definition) is 0. The summed E-state index contributed by atoms with van der Waals surface area (Å²) < 4.78 is 23.4. The molecule has 0 aliphatic carbocycles. The number of amides is 1. The largest absolute Gasteiger partial charge is 0.465 e. The minimum Gasteiger partial charge on any atom is -0.465 e. The number of esters is 2. The molecule has 0 unspecified atom stereocenters. The summed E-state index contributed by atoms with van der Waals surface area (Å²) in [5.74, 6) is -2.05. The fourth-order valence-corrected chi connectivity index (χ4v) is 3.21. The Bertz CT molecular complexity index is 1070. The molecule has 0 atom stereocenters. The second-order valence-electron chi connectivity index (χ2n) is 6.47. The van der Waals surface area contributed by atoms with Crippen LogP contribution in [0.1, 0.15) is 29.8 Å². The second-order valence-corrected chi connectivity index (χ2v) is 6.47. The van der Waals surface area contributed by atoms with Crippen LogP contribution in [0.4, 0.5) is 10.1 Å². The predicted molar refractivity (Wildman–Crippen MR) is 109 cm³/mol. The Balaban J connectivity index is 2.04. The van der Waals surface area contributed by atoms with Gasteiger partial charge in [0.2, 0.25) is 0 Å². The summed E-state index contributed by atoms with van der Waals surface area (Å²) in [4.78, 5) is 38.8. The maximum Gasteiger partial charge on any atom is 0.340 e. The smallest absolute Gasteiger partial charge is 0.340 e. The summed E-state index contributed by atoms with van der Waals surface area (Å²) in [7, 11) is 1.23. The highest BCUT2D eigenvalue weighted by molar-refractivity contribution is 6.23. The first-order chi connectivity index (χ1) is 14.4. The number of halogens is 1. The van der Waals surface area contributed by atoms with Gasteiger partial charge in [-0.3, -0.25) is 9.69 Å². The molecule has 6 nitrogen and oxygen atoms in total. The van der Waals surface area contributed by atoms with E-state index in [4.69, 9.17) is 9.47 Å². The first kappa shape index (κ1) is 21.0. The van der Waals surface area contributed by atoms with Gasteiger partial charge in [-0.25, -0.2) is 14.0 Å². The molecule has 7 heteroatoms. The van der Waals surface area contributed by atoms with Crippen LogP contribution < -0.4 is 4.90 Å². The lowest BCUT2D eigenvalue weighted by atomic mass is 10.0. The van der Waals surface area contributed by atoms with Crippen LogP contribution in [0.3, 0.4) is 0 Å². The van der Waals surface area contributed by atoms with Crippen LogP contribution in [0.5, 0.6) is 0 Å². The number of hydrogen-bond acceptors (Lipinski definition) is 5. The Morgan fingerprint density at radius 1 is 1.10 bits per heavy atom. The maximum atomic E-state index is 13.6. The average Bonchev–Trinajstić information content (AvgIpc) is 2.97. The summed E-state index contributed by atoms with van der Waals surface area (Å²) in [6, 6.07) is 12.0. The van der Waals surface area contributed by atoms with E-state index in [1.54, 1.807) is 44.2 Å². The Morgan fingerprint density at radius 3 is 2.40 bits per heavy atom. The topological polar surface area (TPSA) is 72.9 Å². The molecule has 3 rings (SSSR count). The van der Waals surface area contributed by atoms with Crippen LogP contribution in [0.25, 0.3) is 6.08 Å². The summed E-state index contributed by atoms with van der Waals surface area (Å²) >= 11 is 0. The molecule has 1 aliphatic heterocycles. The van der Waals surface area contributed by atoms with Crippen LogP contribution in [-0.4, -0.2) is 31.6 Å². The Labute approximate surface area is 173 Å². The Morgan fingerprint density at radius 2 is 1.80 bits per heavy atom. The number of allylic oxidation sites excluding steroid dienone is 1. The molecule has 2 aromatic rings. The number of anilines is 1. The third kappa shape index (κ3) is 4.00. The van der Waals surface area contributed by atoms with Crippen LogP contribution in [0, 0.1) is 5.82 Å². The second kappa shape index (κ2) is 8.73. The lowest BCUT2D eigenvalue weighted by Gasteiger charge is -2.18. The highest BCUT2D eigenvalue weighted by Gasteiger charge is 2.37. The maximum absolute atomic E-state index is 13.6. The van der Waals surface area contributed by atoms with Crippen LogP contribution in [-0.2, 0) is 19.1 Å². The molecule has 2 aromatic carbocycles. The van der Waals surface area contributed by atoms with Crippen molar-refractivity contribution >= 4 is 29.6 Å². The van der Waals surface area contributed by atoms with Crippen molar-refractivity contribution in [3.05, 3.63) is 82.3 Å². The molecule has 0 radical (unpaired) electrons. The molecule has 1 heterocycles. The van der Waals surface area contributed by atoms with E-state index in [-0.39, 0.29) is 17.8 Å². The number of nitrogens with zero attached hydrogens (tertiary/aromatic N) is 1. The third-order valence-electron chi connectivity index (χ3n) is 4.59. The SMILES string of the molecule is CCOC(=O)c1ccc(N2C(=O)/C(=C\c3cccc(F)c3)C(C(=O)OC)=C2C)cc1. The van der Waals surface area contributed by atoms with E-state index in [0.717, 1.165) is 0 Å². The summed E-state index contributed by atoms with van der Waals surface area (Å²) in [5.41, 5.74) is 1.82. The van der Waals surface area contributed by atoms with Gasteiger partial charge in [0.15, 0.2) is 0 Å². The zero-order chi connectivity index (χ0) is 21.8. The van der Waals surface area contributed by atoms with Crippen molar-refractivity contribution in [3.63, 3.8) is 0 Å².